The number of hydrogen-bond acceptors (Lipinski definition) is 4. The summed E-state index contributed by atoms with van der Waals surface area (Å²) in [5, 5.41) is 23.7. The highest BCUT2D eigenvalue weighted by molar-refractivity contribution is 5.70. The van der Waals surface area contributed by atoms with Crippen molar-refractivity contribution in [2.75, 3.05) is 6.54 Å². The van der Waals surface area contributed by atoms with Gasteiger partial charge in [-0.25, -0.2) is 0 Å². The smallest absolute Gasteiger partial charge is 0.317 e. The van der Waals surface area contributed by atoms with Crippen LogP contribution < -0.4 is 5.73 Å². The zero-order valence-electron chi connectivity index (χ0n) is 7.47. The average molecular weight is 207 g/mol. The van der Waals surface area contributed by atoms with Gasteiger partial charge < -0.3 is 21.1 Å². The number of carboxylic acids is 3. The summed E-state index contributed by atoms with van der Waals surface area (Å²) in [6, 6.07) is 0. The Hall–Kier alpha value is -1.63. The molecule has 5 N–H and O–H groups in total. The van der Waals surface area contributed by atoms with Gasteiger partial charge in [0, 0.05) is 12.8 Å². The van der Waals surface area contributed by atoms with Crippen LogP contribution in [0, 0.1) is 0 Å². The van der Waals surface area contributed by atoms with Crippen LogP contribution in [0.4, 0.5) is 0 Å². The molecular formula is C7H13NO6. The molecule has 0 saturated heterocycles. The van der Waals surface area contributed by atoms with Crippen molar-refractivity contribution in [3.05, 3.63) is 0 Å². The van der Waals surface area contributed by atoms with Crippen molar-refractivity contribution in [2.45, 2.75) is 19.3 Å². The van der Waals surface area contributed by atoms with Crippen LogP contribution in [-0.4, -0.2) is 39.8 Å². The fraction of sp³-hybridized carbons (Fsp3) is 0.571. The van der Waals surface area contributed by atoms with E-state index in [4.69, 9.17) is 15.3 Å². The molecule has 0 aromatic carbocycles. The lowest BCUT2D eigenvalue weighted by atomic mass is 10.2. The highest BCUT2D eigenvalue weighted by atomic mass is 16.4. The van der Waals surface area contributed by atoms with Gasteiger partial charge in [0.25, 0.3) is 0 Å². The molecule has 0 aliphatic rings. The number of carbonyl (C=O) groups is 3. The van der Waals surface area contributed by atoms with E-state index in [9.17, 15) is 14.4 Å². The molecule has 0 aliphatic heterocycles. The summed E-state index contributed by atoms with van der Waals surface area (Å²) in [4.78, 5) is 28.8. The summed E-state index contributed by atoms with van der Waals surface area (Å²) < 4.78 is 0. The van der Waals surface area contributed by atoms with Gasteiger partial charge in [0.05, 0.1) is 6.54 Å². The van der Waals surface area contributed by atoms with Crippen molar-refractivity contribution in [3.63, 3.8) is 0 Å². The van der Waals surface area contributed by atoms with Crippen LogP contribution in [0.25, 0.3) is 0 Å². The van der Waals surface area contributed by atoms with Crippen LogP contribution in [0.5, 0.6) is 0 Å². The Labute approximate surface area is 80.1 Å². The fourth-order valence-electron chi connectivity index (χ4n) is 0.391. The van der Waals surface area contributed by atoms with Gasteiger partial charge in [-0.15, -0.1) is 0 Å². The van der Waals surface area contributed by atoms with Gasteiger partial charge >= 0.3 is 17.9 Å². The zero-order chi connectivity index (χ0) is 11.6. The van der Waals surface area contributed by atoms with E-state index in [-0.39, 0.29) is 25.8 Å². The van der Waals surface area contributed by atoms with Gasteiger partial charge in [-0.1, -0.05) is 0 Å². The Morgan fingerprint density at radius 3 is 1.29 bits per heavy atom. The molecule has 0 aromatic heterocycles. The van der Waals surface area contributed by atoms with E-state index in [1.54, 1.807) is 0 Å². The highest BCUT2D eigenvalue weighted by Crippen LogP contribution is 1.93. The molecule has 0 amide bonds. The van der Waals surface area contributed by atoms with Crippen molar-refractivity contribution < 1.29 is 29.7 Å². The van der Waals surface area contributed by atoms with E-state index in [1.807, 2.05) is 0 Å². The Morgan fingerprint density at radius 1 is 0.857 bits per heavy atom. The van der Waals surface area contributed by atoms with Crippen LogP contribution in [0.15, 0.2) is 0 Å². The summed E-state index contributed by atoms with van der Waals surface area (Å²) in [6.45, 7) is -0.278. The van der Waals surface area contributed by atoms with Gasteiger partial charge in [-0.2, -0.15) is 0 Å². The van der Waals surface area contributed by atoms with Gasteiger partial charge in [0.15, 0.2) is 0 Å². The van der Waals surface area contributed by atoms with Crippen molar-refractivity contribution in [1.29, 1.82) is 0 Å². The van der Waals surface area contributed by atoms with Crippen molar-refractivity contribution in [2.24, 2.45) is 5.73 Å². The van der Waals surface area contributed by atoms with E-state index >= 15 is 0 Å². The first-order chi connectivity index (χ1) is 6.40. The van der Waals surface area contributed by atoms with Gasteiger partial charge in [-0.3, -0.25) is 14.4 Å². The minimum Gasteiger partial charge on any atom is -0.481 e. The third kappa shape index (κ3) is 22.4. The maximum Gasteiger partial charge on any atom is 0.317 e. The average Bonchev–Trinajstić information content (AvgIpc) is 2.04. The summed E-state index contributed by atoms with van der Waals surface area (Å²) in [5.41, 5.74) is 4.57. The number of carboxylic acid groups (broad SMARTS) is 3. The first-order valence-electron chi connectivity index (χ1n) is 3.75. The zero-order valence-corrected chi connectivity index (χ0v) is 7.47. The maximum absolute atomic E-state index is 9.79. The molecule has 0 aromatic rings. The lowest BCUT2D eigenvalue weighted by Gasteiger charge is -1.89. The molecule has 0 rings (SSSR count). The van der Waals surface area contributed by atoms with E-state index in [0.717, 1.165) is 0 Å². The topological polar surface area (TPSA) is 138 Å². The SMILES string of the molecule is NCC(=O)O.O=C(O)CCCC(=O)O. The lowest BCUT2D eigenvalue weighted by Crippen LogP contribution is -2.10. The van der Waals surface area contributed by atoms with E-state index in [0.29, 0.717) is 0 Å². The first kappa shape index (κ1) is 14.9. The molecule has 0 radical (unpaired) electrons. The number of rotatable bonds is 5. The standard InChI is InChI=1S/C5H8O4.C2H5NO2/c6-4(7)2-1-3-5(8)9;3-1-2(4)5/h1-3H2,(H,6,7)(H,8,9);1,3H2,(H,4,5). The van der Waals surface area contributed by atoms with Crippen LogP contribution in [0.2, 0.25) is 0 Å². The summed E-state index contributed by atoms with van der Waals surface area (Å²) in [7, 11) is 0. The number of nitrogens with two attached hydrogens (primary N) is 1. The maximum atomic E-state index is 9.79. The van der Waals surface area contributed by atoms with Crippen LogP contribution in [0.1, 0.15) is 19.3 Å². The first-order valence-corrected chi connectivity index (χ1v) is 3.75. The summed E-state index contributed by atoms with van der Waals surface area (Å²) in [6.07, 6.45) is 0.0866. The molecule has 0 bridgehead atoms. The van der Waals surface area contributed by atoms with E-state index < -0.39 is 17.9 Å². The summed E-state index contributed by atoms with van der Waals surface area (Å²) >= 11 is 0. The van der Waals surface area contributed by atoms with Gasteiger partial charge in [-0.05, 0) is 6.42 Å². The van der Waals surface area contributed by atoms with E-state index in [2.05, 4.69) is 5.73 Å². The molecule has 0 heterocycles. The van der Waals surface area contributed by atoms with Crippen LogP contribution >= 0.6 is 0 Å². The Morgan fingerprint density at radius 2 is 1.14 bits per heavy atom. The van der Waals surface area contributed by atoms with Gasteiger partial charge in [0.1, 0.15) is 0 Å². The molecule has 0 fully saturated rings. The minimum absolute atomic E-state index is 0.0632. The molecule has 14 heavy (non-hydrogen) atoms. The quantitative estimate of drug-likeness (QED) is 0.470. The second kappa shape index (κ2) is 9.46. The third-order valence-corrected chi connectivity index (χ3v) is 0.956. The molecule has 7 heteroatoms. The molecule has 82 valence electrons. The monoisotopic (exact) mass is 207 g/mol. The molecule has 7 nitrogen and oxygen atoms in total. The molecular weight excluding hydrogens is 194 g/mol. The van der Waals surface area contributed by atoms with Crippen molar-refractivity contribution in [3.8, 4) is 0 Å². The number of hydrogen-bond donors (Lipinski definition) is 4. The normalized spacial score (nSPS) is 8.36. The summed E-state index contributed by atoms with van der Waals surface area (Å²) in [5.74, 6) is -2.86. The van der Waals surface area contributed by atoms with Crippen LogP contribution in [-0.2, 0) is 14.4 Å². The molecule has 0 saturated carbocycles. The Balaban J connectivity index is 0. The molecule has 0 aliphatic carbocycles. The molecule has 0 unspecified atom stereocenters. The van der Waals surface area contributed by atoms with Crippen LogP contribution in [0.3, 0.4) is 0 Å². The minimum atomic E-state index is -0.968. The second-order valence-corrected chi connectivity index (χ2v) is 2.24. The van der Waals surface area contributed by atoms with Crippen molar-refractivity contribution in [1.82, 2.24) is 0 Å². The Bertz CT molecular complexity index is 188. The third-order valence-electron chi connectivity index (χ3n) is 0.956. The fourth-order valence-corrected chi connectivity index (χ4v) is 0.391. The predicted octanol–water partition coefficient (Wildman–Crippen LogP) is -0.644. The lowest BCUT2D eigenvalue weighted by molar-refractivity contribution is -0.139. The highest BCUT2D eigenvalue weighted by Gasteiger charge is 1.99. The predicted molar refractivity (Wildman–Crippen MR) is 45.8 cm³/mol. The molecule has 0 spiro atoms. The largest absolute Gasteiger partial charge is 0.481 e. The molecule has 0 atom stereocenters. The second-order valence-electron chi connectivity index (χ2n) is 2.24. The van der Waals surface area contributed by atoms with E-state index in [1.165, 1.54) is 0 Å². The van der Waals surface area contributed by atoms with Crippen molar-refractivity contribution >= 4 is 17.9 Å². The number of aliphatic carboxylic acids is 3. The Kier molecular flexibility index (Phi) is 10.0. The van der Waals surface area contributed by atoms with Gasteiger partial charge in [0.2, 0.25) is 0 Å².